The van der Waals surface area contributed by atoms with Crippen molar-refractivity contribution in [2.24, 2.45) is 0 Å². The third kappa shape index (κ3) is 1.42. The van der Waals surface area contributed by atoms with Crippen molar-refractivity contribution in [2.45, 2.75) is 13.8 Å². The van der Waals surface area contributed by atoms with Crippen LogP contribution >= 0.6 is 11.6 Å². The van der Waals surface area contributed by atoms with Gasteiger partial charge in [-0.3, -0.25) is 0 Å². The predicted molar refractivity (Wildman–Crippen MR) is 56.8 cm³/mol. The standard InChI is InChI=1S/C11H11ClN2/c1-8-11(12)9(2)14(13-8)10-6-4-3-5-7-10/h3-7H,1-2H3/p+1. The Morgan fingerprint density at radius 1 is 1.14 bits per heavy atom. The molecule has 1 aromatic carbocycles. The molecule has 3 heteroatoms. The summed E-state index contributed by atoms with van der Waals surface area (Å²) < 4.78 is 1.98. The smallest absolute Gasteiger partial charge is 0.163 e. The van der Waals surface area contributed by atoms with Crippen molar-refractivity contribution in [2.75, 3.05) is 0 Å². The van der Waals surface area contributed by atoms with E-state index in [2.05, 4.69) is 5.10 Å². The Balaban J connectivity index is 2.58. The zero-order valence-electron chi connectivity index (χ0n) is 8.21. The summed E-state index contributed by atoms with van der Waals surface area (Å²) in [6.07, 6.45) is 0. The van der Waals surface area contributed by atoms with E-state index in [4.69, 9.17) is 11.6 Å². The van der Waals surface area contributed by atoms with Gasteiger partial charge >= 0.3 is 0 Å². The van der Waals surface area contributed by atoms with Crippen LogP contribution in [0.2, 0.25) is 5.02 Å². The molecular weight excluding hydrogens is 196 g/mol. The number of aromatic nitrogens is 2. The Labute approximate surface area is 88.1 Å². The number of H-pyrrole nitrogens is 1. The molecular formula is C11H12ClN2+. The number of nitrogens with one attached hydrogen (secondary N) is 1. The largest absolute Gasteiger partial charge is 0.235 e. The summed E-state index contributed by atoms with van der Waals surface area (Å²) in [6.45, 7) is 3.97. The summed E-state index contributed by atoms with van der Waals surface area (Å²) >= 11 is 6.10. The molecule has 14 heavy (non-hydrogen) atoms. The molecule has 2 aromatic rings. The second-order valence-corrected chi connectivity index (χ2v) is 3.69. The van der Waals surface area contributed by atoms with Gasteiger partial charge in [-0.1, -0.05) is 34.5 Å². The molecule has 2 nitrogen and oxygen atoms in total. The van der Waals surface area contributed by atoms with Crippen LogP contribution in [0, 0.1) is 13.8 Å². The first-order valence-corrected chi connectivity index (χ1v) is 4.90. The number of aryl methyl sites for hydroxylation is 1. The molecule has 0 atom stereocenters. The van der Waals surface area contributed by atoms with Gasteiger partial charge in [0.2, 0.25) is 11.4 Å². The minimum absolute atomic E-state index is 0.800. The van der Waals surface area contributed by atoms with Crippen molar-refractivity contribution in [3.63, 3.8) is 0 Å². The lowest BCUT2D eigenvalue weighted by atomic mass is 10.3. The SMILES string of the molecule is Cc1[nH][n+](-c2ccccc2)c(C)c1Cl. The Kier molecular flexibility index (Phi) is 2.30. The molecule has 0 aliphatic heterocycles. The van der Waals surface area contributed by atoms with E-state index in [1.165, 1.54) is 0 Å². The van der Waals surface area contributed by atoms with Crippen LogP contribution < -0.4 is 4.68 Å². The average Bonchev–Trinajstić information content (AvgIpc) is 2.47. The maximum absolute atomic E-state index is 6.10. The summed E-state index contributed by atoms with van der Waals surface area (Å²) in [5.41, 5.74) is 3.13. The zero-order valence-corrected chi connectivity index (χ0v) is 8.97. The molecule has 1 N–H and O–H groups in total. The molecule has 0 aliphatic rings. The van der Waals surface area contributed by atoms with Crippen LogP contribution in [-0.4, -0.2) is 5.10 Å². The van der Waals surface area contributed by atoms with Crippen LogP contribution in [0.5, 0.6) is 0 Å². The topological polar surface area (TPSA) is 19.7 Å². The van der Waals surface area contributed by atoms with Crippen molar-refractivity contribution in [1.82, 2.24) is 5.10 Å². The highest BCUT2D eigenvalue weighted by molar-refractivity contribution is 6.31. The molecule has 0 amide bonds. The minimum Gasteiger partial charge on any atom is -0.163 e. The zero-order chi connectivity index (χ0) is 10.1. The number of aromatic amines is 1. The molecule has 0 saturated carbocycles. The quantitative estimate of drug-likeness (QED) is 0.694. The van der Waals surface area contributed by atoms with E-state index in [1.54, 1.807) is 0 Å². The normalized spacial score (nSPS) is 10.5. The Morgan fingerprint density at radius 2 is 1.79 bits per heavy atom. The van der Waals surface area contributed by atoms with Crippen LogP contribution in [0.1, 0.15) is 11.4 Å². The van der Waals surface area contributed by atoms with E-state index >= 15 is 0 Å². The van der Waals surface area contributed by atoms with Crippen molar-refractivity contribution >= 4 is 11.6 Å². The van der Waals surface area contributed by atoms with E-state index in [1.807, 2.05) is 48.9 Å². The van der Waals surface area contributed by atoms with Gasteiger partial charge in [-0.25, -0.2) is 0 Å². The van der Waals surface area contributed by atoms with Crippen molar-refractivity contribution in [3.05, 3.63) is 46.7 Å². The molecule has 0 saturated heterocycles. The highest BCUT2D eigenvalue weighted by Crippen LogP contribution is 2.16. The van der Waals surface area contributed by atoms with E-state index in [-0.39, 0.29) is 0 Å². The van der Waals surface area contributed by atoms with E-state index in [0.29, 0.717) is 0 Å². The van der Waals surface area contributed by atoms with Gasteiger partial charge < -0.3 is 0 Å². The molecule has 0 unspecified atom stereocenters. The Morgan fingerprint density at radius 3 is 2.29 bits per heavy atom. The third-order valence-corrected chi connectivity index (χ3v) is 2.83. The summed E-state index contributed by atoms with van der Waals surface area (Å²) in [5.74, 6) is 0. The highest BCUT2D eigenvalue weighted by atomic mass is 35.5. The number of hydrogen-bond acceptors (Lipinski definition) is 0. The molecule has 0 radical (unpaired) electrons. The monoisotopic (exact) mass is 207 g/mol. The van der Waals surface area contributed by atoms with Crippen LogP contribution in [0.3, 0.4) is 0 Å². The van der Waals surface area contributed by atoms with Gasteiger partial charge in [-0.15, -0.1) is 0 Å². The number of nitrogens with zero attached hydrogens (tertiary/aromatic N) is 1. The highest BCUT2D eigenvalue weighted by Gasteiger charge is 2.18. The average molecular weight is 208 g/mol. The molecule has 2 rings (SSSR count). The third-order valence-electron chi connectivity index (χ3n) is 2.28. The first-order chi connectivity index (χ1) is 6.70. The maximum Gasteiger partial charge on any atom is 0.235 e. The van der Waals surface area contributed by atoms with Gasteiger partial charge in [0, 0.05) is 19.1 Å². The summed E-state index contributed by atoms with van der Waals surface area (Å²) in [4.78, 5) is 0. The van der Waals surface area contributed by atoms with Gasteiger partial charge in [0.1, 0.15) is 5.02 Å². The van der Waals surface area contributed by atoms with Crippen molar-refractivity contribution < 1.29 is 4.68 Å². The number of para-hydroxylation sites is 1. The number of halogens is 1. The first kappa shape index (κ1) is 9.28. The minimum atomic E-state index is 0.800. The molecule has 1 heterocycles. The molecule has 0 spiro atoms. The maximum atomic E-state index is 6.10. The molecule has 0 bridgehead atoms. The Hall–Kier alpha value is -1.28. The Bertz CT molecular complexity index is 446. The fourth-order valence-corrected chi connectivity index (χ4v) is 1.63. The summed E-state index contributed by atoms with van der Waals surface area (Å²) in [6, 6.07) is 10.1. The van der Waals surface area contributed by atoms with Crippen LogP contribution in [0.4, 0.5) is 0 Å². The predicted octanol–water partition coefficient (Wildman–Crippen LogP) is 2.56. The number of benzene rings is 1. The second-order valence-electron chi connectivity index (χ2n) is 3.31. The molecule has 0 fully saturated rings. The lowest BCUT2D eigenvalue weighted by molar-refractivity contribution is -0.661. The molecule has 72 valence electrons. The van der Waals surface area contributed by atoms with E-state index in [9.17, 15) is 0 Å². The van der Waals surface area contributed by atoms with Crippen molar-refractivity contribution in [3.8, 4) is 5.69 Å². The summed E-state index contributed by atoms with van der Waals surface area (Å²) in [7, 11) is 0. The second kappa shape index (κ2) is 3.46. The van der Waals surface area contributed by atoms with E-state index < -0.39 is 0 Å². The molecule has 1 aromatic heterocycles. The van der Waals surface area contributed by atoms with Crippen molar-refractivity contribution in [1.29, 1.82) is 0 Å². The van der Waals surface area contributed by atoms with E-state index in [0.717, 1.165) is 22.1 Å². The first-order valence-electron chi connectivity index (χ1n) is 4.52. The van der Waals surface area contributed by atoms with Gasteiger partial charge in [-0.05, 0) is 6.92 Å². The van der Waals surface area contributed by atoms with Crippen LogP contribution in [0.25, 0.3) is 5.69 Å². The fourth-order valence-electron chi connectivity index (χ4n) is 1.51. The van der Waals surface area contributed by atoms with Gasteiger partial charge in [0.05, 0.1) is 5.69 Å². The van der Waals surface area contributed by atoms with Crippen LogP contribution in [0.15, 0.2) is 30.3 Å². The number of hydrogen-bond donors (Lipinski definition) is 1. The summed E-state index contributed by atoms with van der Waals surface area (Å²) in [5, 5.41) is 4.01. The molecule has 0 aliphatic carbocycles. The van der Waals surface area contributed by atoms with Gasteiger partial charge in [0.25, 0.3) is 0 Å². The van der Waals surface area contributed by atoms with Gasteiger partial charge in [0.15, 0.2) is 0 Å². The lowest BCUT2D eigenvalue weighted by Gasteiger charge is -1.91. The van der Waals surface area contributed by atoms with Crippen LogP contribution in [-0.2, 0) is 0 Å². The number of rotatable bonds is 1. The lowest BCUT2D eigenvalue weighted by Crippen LogP contribution is -2.35. The fraction of sp³-hybridized carbons (Fsp3) is 0.182. The van der Waals surface area contributed by atoms with Gasteiger partial charge in [-0.2, -0.15) is 5.10 Å².